The quantitative estimate of drug-likeness (QED) is 0.347. The zero-order valence-electron chi connectivity index (χ0n) is 19.2. The molecule has 8 nitrogen and oxygen atoms in total. The van der Waals surface area contributed by atoms with Crippen LogP contribution >= 0.6 is 11.3 Å². The number of rotatable bonds is 10. The summed E-state index contributed by atoms with van der Waals surface area (Å²) in [6.45, 7) is 0.525. The molecule has 0 fully saturated rings. The summed E-state index contributed by atoms with van der Waals surface area (Å²) in [5.74, 6) is 0.0852. The first kappa shape index (κ1) is 23.9. The number of hydrogen-bond donors (Lipinski definition) is 2. The van der Waals surface area contributed by atoms with Crippen LogP contribution in [0.2, 0.25) is 0 Å². The predicted molar refractivity (Wildman–Crippen MR) is 136 cm³/mol. The molecule has 2 N–H and O–H groups in total. The fourth-order valence-corrected chi connectivity index (χ4v) is 4.09. The van der Waals surface area contributed by atoms with Gasteiger partial charge in [0, 0.05) is 30.9 Å². The molecular formula is C26H25N5O3S. The highest BCUT2D eigenvalue weighted by Gasteiger charge is 2.22. The van der Waals surface area contributed by atoms with Crippen LogP contribution in [0.15, 0.2) is 84.5 Å². The molecule has 35 heavy (non-hydrogen) atoms. The normalized spacial score (nSPS) is 10.4. The first-order valence-electron chi connectivity index (χ1n) is 11.0. The second-order valence-electron chi connectivity index (χ2n) is 7.65. The maximum atomic E-state index is 13.4. The van der Waals surface area contributed by atoms with Crippen molar-refractivity contribution in [3.63, 3.8) is 0 Å². The highest BCUT2D eigenvalue weighted by molar-refractivity contribution is 7.14. The summed E-state index contributed by atoms with van der Waals surface area (Å²) in [4.78, 5) is 36.1. The fourth-order valence-electron chi connectivity index (χ4n) is 3.39. The van der Waals surface area contributed by atoms with E-state index in [1.807, 2.05) is 66.7 Å². The number of carbonyl (C=O) groups is 2. The van der Waals surface area contributed by atoms with Crippen LogP contribution in [-0.4, -0.2) is 40.3 Å². The van der Waals surface area contributed by atoms with Gasteiger partial charge in [-0.05, 0) is 29.3 Å². The Morgan fingerprint density at radius 2 is 1.77 bits per heavy atom. The smallest absolute Gasteiger partial charge is 0.274 e. The summed E-state index contributed by atoms with van der Waals surface area (Å²) in [7, 11) is 1.60. The number of carbonyl (C=O) groups excluding carboxylic acids is 2. The topological polar surface area (TPSA) is 96.5 Å². The molecule has 178 valence electrons. The number of ether oxygens (including phenoxy) is 1. The van der Waals surface area contributed by atoms with Gasteiger partial charge in [0.25, 0.3) is 5.91 Å². The van der Waals surface area contributed by atoms with Gasteiger partial charge in [0.15, 0.2) is 5.13 Å². The first-order valence-corrected chi connectivity index (χ1v) is 11.8. The first-order chi connectivity index (χ1) is 17.1. The minimum atomic E-state index is -0.324. The molecule has 4 aromatic rings. The maximum Gasteiger partial charge on any atom is 0.274 e. The van der Waals surface area contributed by atoms with E-state index in [2.05, 4.69) is 20.6 Å². The van der Waals surface area contributed by atoms with Crippen LogP contribution in [0.5, 0.6) is 5.75 Å². The molecule has 4 rings (SSSR count). The average molecular weight is 488 g/mol. The standard InChI is InChI=1S/C26H25N5O3S/c1-34-23-12-6-5-11-21(23)29-26-30-22(18-35-26)25(33)31(16-19-8-3-2-4-9-19)17-24(32)28-15-20-10-7-13-27-14-20/h2-14,18H,15-17H2,1H3,(H,28,32)(H,29,30). The molecule has 0 bridgehead atoms. The zero-order valence-corrected chi connectivity index (χ0v) is 20.0. The lowest BCUT2D eigenvalue weighted by Crippen LogP contribution is -2.40. The van der Waals surface area contributed by atoms with Crippen molar-refractivity contribution in [3.8, 4) is 5.75 Å². The summed E-state index contributed by atoms with van der Waals surface area (Å²) in [6, 6.07) is 20.7. The molecule has 0 spiro atoms. The van der Waals surface area contributed by atoms with E-state index in [0.29, 0.717) is 17.4 Å². The number of para-hydroxylation sites is 2. The highest BCUT2D eigenvalue weighted by atomic mass is 32.1. The maximum absolute atomic E-state index is 13.4. The Morgan fingerprint density at radius 1 is 1.00 bits per heavy atom. The molecule has 2 heterocycles. The van der Waals surface area contributed by atoms with E-state index in [9.17, 15) is 9.59 Å². The van der Waals surface area contributed by atoms with E-state index >= 15 is 0 Å². The summed E-state index contributed by atoms with van der Waals surface area (Å²) in [5.41, 5.74) is 2.82. The van der Waals surface area contributed by atoms with Crippen molar-refractivity contribution in [1.82, 2.24) is 20.2 Å². The molecular weight excluding hydrogens is 462 g/mol. The predicted octanol–water partition coefficient (Wildman–Crippen LogP) is 4.25. The molecule has 2 aromatic heterocycles. The molecule has 0 atom stereocenters. The fraction of sp³-hybridized carbons (Fsp3) is 0.154. The second-order valence-corrected chi connectivity index (χ2v) is 8.51. The van der Waals surface area contributed by atoms with Gasteiger partial charge in [0.2, 0.25) is 5.91 Å². The molecule has 0 aliphatic rings. The van der Waals surface area contributed by atoms with Crippen molar-refractivity contribution in [2.24, 2.45) is 0 Å². The van der Waals surface area contributed by atoms with Gasteiger partial charge in [0.05, 0.1) is 12.8 Å². The van der Waals surface area contributed by atoms with Crippen molar-refractivity contribution in [2.75, 3.05) is 19.0 Å². The summed E-state index contributed by atoms with van der Waals surface area (Å²) < 4.78 is 5.37. The number of anilines is 2. The Hall–Kier alpha value is -4.24. The third-order valence-corrected chi connectivity index (χ3v) is 5.88. The van der Waals surface area contributed by atoms with Crippen molar-refractivity contribution < 1.29 is 14.3 Å². The van der Waals surface area contributed by atoms with Crippen LogP contribution in [0.25, 0.3) is 0 Å². The number of thiazole rings is 1. The lowest BCUT2D eigenvalue weighted by molar-refractivity contribution is -0.122. The molecule has 0 saturated carbocycles. The molecule has 0 saturated heterocycles. The number of aromatic nitrogens is 2. The molecule has 0 unspecified atom stereocenters. The Morgan fingerprint density at radius 3 is 2.54 bits per heavy atom. The number of nitrogens with one attached hydrogen (secondary N) is 2. The Balaban J connectivity index is 1.47. The van der Waals surface area contributed by atoms with Gasteiger partial charge >= 0.3 is 0 Å². The van der Waals surface area contributed by atoms with Gasteiger partial charge in [-0.1, -0.05) is 48.5 Å². The van der Waals surface area contributed by atoms with Crippen LogP contribution < -0.4 is 15.4 Å². The van der Waals surface area contributed by atoms with Crippen molar-refractivity contribution >= 4 is 34.0 Å². The summed E-state index contributed by atoms with van der Waals surface area (Å²) >= 11 is 1.31. The third-order valence-electron chi connectivity index (χ3n) is 5.12. The van der Waals surface area contributed by atoms with E-state index in [1.54, 1.807) is 24.9 Å². The van der Waals surface area contributed by atoms with Crippen LogP contribution in [0, 0.1) is 0 Å². The molecule has 9 heteroatoms. The van der Waals surface area contributed by atoms with Gasteiger partial charge in [-0.15, -0.1) is 11.3 Å². The number of methoxy groups -OCH3 is 1. The van der Waals surface area contributed by atoms with Crippen molar-refractivity contribution in [2.45, 2.75) is 13.1 Å². The van der Waals surface area contributed by atoms with E-state index in [1.165, 1.54) is 16.2 Å². The zero-order chi connectivity index (χ0) is 24.5. The summed E-state index contributed by atoms with van der Waals surface area (Å²) in [5, 5.41) is 8.29. The lowest BCUT2D eigenvalue weighted by Gasteiger charge is -2.21. The van der Waals surface area contributed by atoms with Crippen LogP contribution in [-0.2, 0) is 17.9 Å². The molecule has 2 amide bonds. The Labute approximate surface area is 207 Å². The largest absolute Gasteiger partial charge is 0.495 e. The second kappa shape index (κ2) is 11.8. The Bertz CT molecular complexity index is 1260. The third kappa shape index (κ3) is 6.64. The molecule has 0 radical (unpaired) electrons. The van der Waals surface area contributed by atoms with E-state index in [4.69, 9.17) is 4.74 Å². The number of pyridine rings is 1. The van der Waals surface area contributed by atoms with E-state index in [-0.39, 0.29) is 30.6 Å². The van der Waals surface area contributed by atoms with Gasteiger partial charge < -0.3 is 20.3 Å². The minimum absolute atomic E-state index is 0.0964. The average Bonchev–Trinajstić information content (AvgIpc) is 3.36. The highest BCUT2D eigenvalue weighted by Crippen LogP contribution is 2.29. The van der Waals surface area contributed by atoms with E-state index < -0.39 is 0 Å². The number of nitrogens with zero attached hydrogens (tertiary/aromatic N) is 3. The van der Waals surface area contributed by atoms with Crippen molar-refractivity contribution in [3.05, 3.63) is 101 Å². The lowest BCUT2D eigenvalue weighted by atomic mass is 10.2. The number of hydrogen-bond acceptors (Lipinski definition) is 7. The molecule has 0 aliphatic heterocycles. The Kier molecular flexibility index (Phi) is 8.03. The van der Waals surface area contributed by atoms with Crippen LogP contribution in [0.1, 0.15) is 21.6 Å². The van der Waals surface area contributed by atoms with Crippen LogP contribution in [0.3, 0.4) is 0 Å². The SMILES string of the molecule is COc1ccccc1Nc1nc(C(=O)N(CC(=O)NCc2cccnc2)Cc2ccccc2)cs1. The van der Waals surface area contributed by atoms with E-state index in [0.717, 1.165) is 16.8 Å². The number of amides is 2. The number of benzene rings is 2. The van der Waals surface area contributed by atoms with Gasteiger partial charge in [-0.3, -0.25) is 14.6 Å². The summed E-state index contributed by atoms with van der Waals surface area (Å²) in [6.07, 6.45) is 3.37. The minimum Gasteiger partial charge on any atom is -0.495 e. The van der Waals surface area contributed by atoms with Crippen molar-refractivity contribution in [1.29, 1.82) is 0 Å². The monoisotopic (exact) mass is 487 g/mol. The van der Waals surface area contributed by atoms with Gasteiger partial charge in [-0.2, -0.15) is 0 Å². The van der Waals surface area contributed by atoms with Gasteiger partial charge in [-0.25, -0.2) is 4.98 Å². The van der Waals surface area contributed by atoms with Crippen LogP contribution in [0.4, 0.5) is 10.8 Å². The molecule has 0 aliphatic carbocycles. The van der Waals surface area contributed by atoms with Gasteiger partial charge in [0.1, 0.15) is 18.0 Å². The molecule has 2 aromatic carbocycles.